The fraction of sp³-hybridized carbons (Fsp3) is 0.400. The summed E-state index contributed by atoms with van der Waals surface area (Å²) in [7, 11) is 0. The Hall–Kier alpha value is -1.77. The van der Waals surface area contributed by atoms with Gasteiger partial charge >= 0.3 is 0 Å². The standard InChI is InChI=1S/C15H19N3/c1-10(8-11-2-3-11)18-14-6-7-17-15-9-12(16)4-5-13(14)15/h4-7,9-11H,2-3,8,16H2,1H3,(H,17,18). The maximum absolute atomic E-state index is 5.79. The molecule has 1 atom stereocenters. The van der Waals surface area contributed by atoms with Gasteiger partial charge in [0.05, 0.1) is 5.52 Å². The molecule has 1 aliphatic carbocycles. The number of hydrogen-bond donors (Lipinski definition) is 2. The van der Waals surface area contributed by atoms with E-state index in [0.29, 0.717) is 6.04 Å². The maximum Gasteiger partial charge on any atom is 0.0743 e. The van der Waals surface area contributed by atoms with Crippen LogP contribution in [0, 0.1) is 5.92 Å². The maximum atomic E-state index is 5.79. The molecule has 0 amide bonds. The van der Waals surface area contributed by atoms with E-state index in [1.807, 2.05) is 30.5 Å². The Morgan fingerprint density at radius 3 is 3.00 bits per heavy atom. The van der Waals surface area contributed by atoms with Crippen LogP contribution in [0.25, 0.3) is 10.9 Å². The summed E-state index contributed by atoms with van der Waals surface area (Å²) < 4.78 is 0. The molecular formula is C15H19N3. The molecular weight excluding hydrogens is 222 g/mol. The van der Waals surface area contributed by atoms with Gasteiger partial charge in [0, 0.05) is 29.0 Å². The highest BCUT2D eigenvalue weighted by Gasteiger charge is 2.23. The zero-order chi connectivity index (χ0) is 12.5. The van der Waals surface area contributed by atoms with Crippen molar-refractivity contribution in [1.29, 1.82) is 0 Å². The molecule has 0 aliphatic heterocycles. The quantitative estimate of drug-likeness (QED) is 0.806. The summed E-state index contributed by atoms with van der Waals surface area (Å²) in [6, 6.07) is 8.46. The molecule has 0 saturated heterocycles. The first-order valence-corrected chi connectivity index (χ1v) is 6.63. The molecule has 1 aliphatic rings. The van der Waals surface area contributed by atoms with Crippen molar-refractivity contribution < 1.29 is 0 Å². The van der Waals surface area contributed by atoms with Gasteiger partial charge in [-0.25, -0.2) is 0 Å². The van der Waals surface area contributed by atoms with Gasteiger partial charge in [-0.15, -0.1) is 0 Å². The average Bonchev–Trinajstić information content (AvgIpc) is 3.12. The Balaban J connectivity index is 1.86. The Kier molecular flexibility index (Phi) is 2.82. The van der Waals surface area contributed by atoms with Gasteiger partial charge in [0.1, 0.15) is 0 Å². The molecule has 3 nitrogen and oxygen atoms in total. The van der Waals surface area contributed by atoms with Gasteiger partial charge in [0.15, 0.2) is 0 Å². The smallest absolute Gasteiger partial charge is 0.0743 e. The third-order valence-corrected chi connectivity index (χ3v) is 3.55. The van der Waals surface area contributed by atoms with Crippen molar-refractivity contribution in [3.05, 3.63) is 30.5 Å². The molecule has 0 radical (unpaired) electrons. The lowest BCUT2D eigenvalue weighted by Gasteiger charge is -2.16. The van der Waals surface area contributed by atoms with Crippen LogP contribution in [0.1, 0.15) is 26.2 Å². The number of pyridine rings is 1. The number of nitrogens with two attached hydrogens (primary N) is 1. The van der Waals surface area contributed by atoms with Crippen molar-refractivity contribution in [1.82, 2.24) is 4.98 Å². The summed E-state index contributed by atoms with van der Waals surface area (Å²) in [5.41, 5.74) is 8.67. The van der Waals surface area contributed by atoms with E-state index < -0.39 is 0 Å². The zero-order valence-electron chi connectivity index (χ0n) is 10.7. The second kappa shape index (κ2) is 4.48. The van der Waals surface area contributed by atoms with Crippen molar-refractivity contribution >= 4 is 22.3 Å². The van der Waals surface area contributed by atoms with E-state index in [1.165, 1.54) is 19.3 Å². The summed E-state index contributed by atoms with van der Waals surface area (Å²) in [5.74, 6) is 0.941. The molecule has 94 valence electrons. The number of nitrogen functional groups attached to an aromatic ring is 1. The molecule has 1 aromatic carbocycles. The molecule has 1 aromatic heterocycles. The third kappa shape index (κ3) is 2.40. The minimum absolute atomic E-state index is 0.514. The van der Waals surface area contributed by atoms with E-state index >= 15 is 0 Å². The first-order valence-electron chi connectivity index (χ1n) is 6.63. The Morgan fingerprint density at radius 1 is 1.39 bits per heavy atom. The number of nitrogens with zero attached hydrogens (tertiary/aromatic N) is 1. The fourth-order valence-corrected chi connectivity index (χ4v) is 2.47. The highest BCUT2D eigenvalue weighted by Crippen LogP contribution is 2.34. The number of aromatic nitrogens is 1. The van der Waals surface area contributed by atoms with Crippen LogP contribution in [-0.4, -0.2) is 11.0 Å². The summed E-state index contributed by atoms with van der Waals surface area (Å²) in [6.45, 7) is 2.25. The molecule has 1 saturated carbocycles. The third-order valence-electron chi connectivity index (χ3n) is 3.55. The summed E-state index contributed by atoms with van der Waals surface area (Å²) in [5, 5.41) is 4.74. The van der Waals surface area contributed by atoms with Gasteiger partial charge in [-0.3, -0.25) is 4.98 Å². The van der Waals surface area contributed by atoms with Crippen molar-refractivity contribution in [3.8, 4) is 0 Å². The van der Waals surface area contributed by atoms with Crippen molar-refractivity contribution in [3.63, 3.8) is 0 Å². The molecule has 18 heavy (non-hydrogen) atoms. The molecule has 2 aromatic rings. The van der Waals surface area contributed by atoms with Crippen LogP contribution in [0.3, 0.4) is 0 Å². The number of benzene rings is 1. The number of fused-ring (bicyclic) bond motifs is 1. The van der Waals surface area contributed by atoms with Gasteiger partial charge < -0.3 is 11.1 Å². The number of nitrogens with one attached hydrogen (secondary N) is 1. The Morgan fingerprint density at radius 2 is 2.22 bits per heavy atom. The molecule has 1 heterocycles. The summed E-state index contributed by atoms with van der Waals surface area (Å²) in [6.07, 6.45) is 5.91. The number of anilines is 2. The van der Waals surface area contributed by atoms with E-state index in [-0.39, 0.29) is 0 Å². The van der Waals surface area contributed by atoms with Crippen LogP contribution < -0.4 is 11.1 Å². The van der Waals surface area contributed by atoms with Gasteiger partial charge in [-0.1, -0.05) is 12.8 Å². The first-order chi connectivity index (χ1) is 8.72. The SMILES string of the molecule is CC(CC1CC1)Nc1ccnc2cc(N)ccc12. The van der Waals surface area contributed by atoms with Crippen LogP contribution in [0.2, 0.25) is 0 Å². The zero-order valence-corrected chi connectivity index (χ0v) is 10.7. The predicted octanol–water partition coefficient (Wildman–Crippen LogP) is 3.42. The van der Waals surface area contributed by atoms with Crippen LogP contribution in [0.5, 0.6) is 0 Å². The largest absolute Gasteiger partial charge is 0.399 e. The number of hydrogen-bond acceptors (Lipinski definition) is 3. The molecule has 1 fully saturated rings. The van der Waals surface area contributed by atoms with E-state index in [0.717, 1.165) is 28.2 Å². The van der Waals surface area contributed by atoms with Crippen LogP contribution in [0.15, 0.2) is 30.5 Å². The second-order valence-electron chi connectivity index (χ2n) is 5.36. The van der Waals surface area contributed by atoms with E-state index in [4.69, 9.17) is 5.73 Å². The Labute approximate surface area is 107 Å². The molecule has 3 N–H and O–H groups in total. The lowest BCUT2D eigenvalue weighted by atomic mass is 10.1. The van der Waals surface area contributed by atoms with Crippen molar-refractivity contribution in [2.45, 2.75) is 32.2 Å². The van der Waals surface area contributed by atoms with Crippen molar-refractivity contribution in [2.24, 2.45) is 5.92 Å². The molecule has 3 rings (SSSR count). The fourth-order valence-electron chi connectivity index (χ4n) is 2.47. The van der Waals surface area contributed by atoms with Gasteiger partial charge in [0.2, 0.25) is 0 Å². The summed E-state index contributed by atoms with van der Waals surface area (Å²) in [4.78, 5) is 4.36. The summed E-state index contributed by atoms with van der Waals surface area (Å²) >= 11 is 0. The predicted molar refractivity (Wildman–Crippen MR) is 76.6 cm³/mol. The molecule has 1 unspecified atom stereocenters. The van der Waals surface area contributed by atoms with Crippen LogP contribution >= 0.6 is 0 Å². The van der Waals surface area contributed by atoms with E-state index in [9.17, 15) is 0 Å². The van der Waals surface area contributed by atoms with Gasteiger partial charge in [-0.2, -0.15) is 0 Å². The number of rotatable bonds is 4. The first kappa shape index (κ1) is 11.3. The topological polar surface area (TPSA) is 50.9 Å². The highest BCUT2D eigenvalue weighted by atomic mass is 14.9. The monoisotopic (exact) mass is 241 g/mol. The lowest BCUT2D eigenvalue weighted by molar-refractivity contribution is 0.643. The van der Waals surface area contributed by atoms with Crippen LogP contribution in [0.4, 0.5) is 11.4 Å². The minimum Gasteiger partial charge on any atom is -0.399 e. The second-order valence-corrected chi connectivity index (χ2v) is 5.36. The van der Waals surface area contributed by atoms with E-state index in [1.54, 1.807) is 0 Å². The van der Waals surface area contributed by atoms with Crippen molar-refractivity contribution in [2.75, 3.05) is 11.1 Å². The molecule has 3 heteroatoms. The minimum atomic E-state index is 0.514. The normalized spacial score (nSPS) is 16.7. The van der Waals surface area contributed by atoms with Gasteiger partial charge in [-0.05, 0) is 43.5 Å². The molecule has 0 spiro atoms. The molecule has 0 bridgehead atoms. The highest BCUT2D eigenvalue weighted by molar-refractivity contribution is 5.92. The van der Waals surface area contributed by atoms with Gasteiger partial charge in [0.25, 0.3) is 0 Å². The lowest BCUT2D eigenvalue weighted by Crippen LogP contribution is -2.16. The van der Waals surface area contributed by atoms with Crippen LogP contribution in [-0.2, 0) is 0 Å². The Bertz CT molecular complexity index is 561. The average molecular weight is 241 g/mol. The van der Waals surface area contributed by atoms with E-state index in [2.05, 4.69) is 17.2 Å².